The molecular formula is C12H16ClF4N. The second kappa shape index (κ2) is 6.38. The van der Waals surface area contributed by atoms with E-state index in [0.717, 1.165) is 18.6 Å². The molecule has 1 rings (SSSR count). The topological polar surface area (TPSA) is 26.0 Å². The molecule has 0 radical (unpaired) electrons. The second-order valence-corrected chi connectivity index (χ2v) is 4.18. The molecule has 0 spiro atoms. The van der Waals surface area contributed by atoms with Gasteiger partial charge in [-0.15, -0.1) is 12.4 Å². The van der Waals surface area contributed by atoms with E-state index >= 15 is 0 Å². The third-order valence-corrected chi connectivity index (χ3v) is 2.89. The number of nitrogens with two attached hydrogens (primary N) is 1. The van der Waals surface area contributed by atoms with E-state index in [1.165, 1.54) is 0 Å². The molecule has 0 bridgehead atoms. The van der Waals surface area contributed by atoms with Crippen LogP contribution in [-0.4, -0.2) is 0 Å². The average molecular weight is 286 g/mol. The zero-order valence-electron chi connectivity index (χ0n) is 10.1. The molecule has 2 N–H and O–H groups in total. The molecule has 0 heterocycles. The highest BCUT2D eigenvalue weighted by molar-refractivity contribution is 5.85. The van der Waals surface area contributed by atoms with Crippen molar-refractivity contribution < 1.29 is 17.6 Å². The number of alkyl halides is 3. The zero-order chi connectivity index (χ0) is 13.2. The van der Waals surface area contributed by atoms with Gasteiger partial charge in [-0.2, -0.15) is 13.2 Å². The molecule has 1 unspecified atom stereocenters. The van der Waals surface area contributed by atoms with Crippen molar-refractivity contribution >= 4 is 12.4 Å². The normalized spacial score (nSPS) is 14.8. The number of hydrogen-bond acceptors (Lipinski definition) is 1. The molecule has 6 heteroatoms. The maximum atomic E-state index is 13.1. The maximum Gasteiger partial charge on any atom is 0.416 e. The minimum atomic E-state index is -4.55. The van der Waals surface area contributed by atoms with E-state index in [2.05, 4.69) is 0 Å². The maximum absolute atomic E-state index is 13.1. The van der Waals surface area contributed by atoms with E-state index in [1.807, 2.05) is 13.8 Å². The monoisotopic (exact) mass is 285 g/mol. The van der Waals surface area contributed by atoms with Crippen molar-refractivity contribution in [2.45, 2.75) is 32.5 Å². The summed E-state index contributed by atoms with van der Waals surface area (Å²) in [5, 5.41) is 0. The van der Waals surface area contributed by atoms with Gasteiger partial charge in [0.25, 0.3) is 0 Å². The standard InChI is InChI=1S/C12H15F4N.ClH/c1-3-7(2)11(17)8-4-9(12(14,15)16)6-10(13)5-8;/h4-7,11H,3,17H2,1-2H3;1H/t7?,11-;/m1./s1. The summed E-state index contributed by atoms with van der Waals surface area (Å²) in [4.78, 5) is 0. The Morgan fingerprint density at radius 1 is 1.22 bits per heavy atom. The summed E-state index contributed by atoms with van der Waals surface area (Å²) in [6, 6.07) is 1.87. The molecule has 0 fully saturated rings. The number of halogens is 5. The van der Waals surface area contributed by atoms with E-state index in [9.17, 15) is 17.6 Å². The van der Waals surface area contributed by atoms with Gasteiger partial charge in [0.05, 0.1) is 5.56 Å². The zero-order valence-corrected chi connectivity index (χ0v) is 10.9. The van der Waals surface area contributed by atoms with Gasteiger partial charge in [0, 0.05) is 6.04 Å². The van der Waals surface area contributed by atoms with E-state index in [-0.39, 0.29) is 23.9 Å². The van der Waals surface area contributed by atoms with Gasteiger partial charge in [-0.3, -0.25) is 0 Å². The number of rotatable bonds is 3. The van der Waals surface area contributed by atoms with Gasteiger partial charge in [0.1, 0.15) is 5.82 Å². The highest BCUT2D eigenvalue weighted by Gasteiger charge is 2.32. The van der Waals surface area contributed by atoms with Crippen molar-refractivity contribution in [1.82, 2.24) is 0 Å². The highest BCUT2D eigenvalue weighted by atomic mass is 35.5. The third-order valence-electron chi connectivity index (χ3n) is 2.89. The van der Waals surface area contributed by atoms with Crippen LogP contribution in [0.3, 0.4) is 0 Å². The summed E-state index contributed by atoms with van der Waals surface area (Å²) in [6.45, 7) is 3.71. The Morgan fingerprint density at radius 2 is 1.78 bits per heavy atom. The van der Waals surface area contributed by atoms with Crippen molar-refractivity contribution in [3.8, 4) is 0 Å². The van der Waals surface area contributed by atoms with Crippen molar-refractivity contribution in [3.63, 3.8) is 0 Å². The summed E-state index contributed by atoms with van der Waals surface area (Å²) in [5.74, 6) is -0.911. The summed E-state index contributed by atoms with van der Waals surface area (Å²) in [7, 11) is 0. The second-order valence-electron chi connectivity index (χ2n) is 4.18. The molecule has 0 aliphatic carbocycles. The Labute approximate surface area is 110 Å². The molecule has 1 nitrogen and oxygen atoms in total. The van der Waals surface area contributed by atoms with Gasteiger partial charge < -0.3 is 5.73 Å². The van der Waals surface area contributed by atoms with Crippen LogP contribution in [0.4, 0.5) is 17.6 Å². The summed E-state index contributed by atoms with van der Waals surface area (Å²) < 4.78 is 50.6. The van der Waals surface area contributed by atoms with E-state index in [0.29, 0.717) is 6.07 Å². The van der Waals surface area contributed by atoms with Gasteiger partial charge in [0.2, 0.25) is 0 Å². The predicted octanol–water partition coefficient (Wildman–Crippen LogP) is 4.31. The Morgan fingerprint density at radius 3 is 2.22 bits per heavy atom. The lowest BCUT2D eigenvalue weighted by Gasteiger charge is -2.20. The largest absolute Gasteiger partial charge is 0.416 e. The summed E-state index contributed by atoms with van der Waals surface area (Å²) in [5.41, 5.74) is 4.99. The molecule has 0 aliphatic rings. The van der Waals surface area contributed by atoms with Gasteiger partial charge in [-0.05, 0) is 29.7 Å². The fourth-order valence-electron chi connectivity index (χ4n) is 1.55. The Kier molecular flexibility index (Phi) is 6.10. The molecule has 0 saturated carbocycles. The minimum absolute atomic E-state index is 0. The lowest BCUT2D eigenvalue weighted by Crippen LogP contribution is -2.19. The number of benzene rings is 1. The summed E-state index contributed by atoms with van der Waals surface area (Å²) in [6.07, 6.45) is -3.83. The van der Waals surface area contributed by atoms with E-state index in [4.69, 9.17) is 5.73 Å². The van der Waals surface area contributed by atoms with Crippen LogP contribution in [0, 0.1) is 11.7 Å². The molecule has 18 heavy (non-hydrogen) atoms. The van der Waals surface area contributed by atoms with Crippen LogP contribution in [0.15, 0.2) is 18.2 Å². The fraction of sp³-hybridized carbons (Fsp3) is 0.500. The molecule has 0 aromatic heterocycles. The first-order valence-corrected chi connectivity index (χ1v) is 5.39. The third kappa shape index (κ3) is 4.14. The minimum Gasteiger partial charge on any atom is -0.324 e. The lowest BCUT2D eigenvalue weighted by molar-refractivity contribution is -0.137. The van der Waals surface area contributed by atoms with Crippen LogP contribution < -0.4 is 5.73 Å². The molecule has 0 aliphatic heterocycles. The van der Waals surface area contributed by atoms with Gasteiger partial charge in [-0.1, -0.05) is 20.3 Å². The van der Waals surface area contributed by atoms with Crippen LogP contribution >= 0.6 is 12.4 Å². The van der Waals surface area contributed by atoms with E-state index in [1.54, 1.807) is 0 Å². The van der Waals surface area contributed by atoms with Crippen LogP contribution in [0.2, 0.25) is 0 Å². The lowest BCUT2D eigenvalue weighted by atomic mass is 9.92. The molecule has 1 aromatic carbocycles. The van der Waals surface area contributed by atoms with Gasteiger partial charge >= 0.3 is 6.18 Å². The highest BCUT2D eigenvalue weighted by Crippen LogP contribution is 2.32. The fourth-order valence-corrected chi connectivity index (χ4v) is 1.55. The SMILES string of the molecule is CCC(C)[C@@H](N)c1cc(F)cc(C(F)(F)F)c1.Cl. The molecular weight excluding hydrogens is 270 g/mol. The molecule has 0 amide bonds. The van der Waals surface area contributed by atoms with E-state index < -0.39 is 23.6 Å². The Balaban J connectivity index is 0.00000289. The average Bonchev–Trinajstić information content (AvgIpc) is 2.25. The van der Waals surface area contributed by atoms with Crippen LogP contribution in [0.1, 0.15) is 37.4 Å². The number of hydrogen-bond donors (Lipinski definition) is 1. The molecule has 2 atom stereocenters. The smallest absolute Gasteiger partial charge is 0.324 e. The molecule has 1 aromatic rings. The van der Waals surface area contributed by atoms with Crippen LogP contribution in [0.5, 0.6) is 0 Å². The van der Waals surface area contributed by atoms with Gasteiger partial charge in [-0.25, -0.2) is 4.39 Å². The van der Waals surface area contributed by atoms with Crippen molar-refractivity contribution in [2.75, 3.05) is 0 Å². The summed E-state index contributed by atoms with van der Waals surface area (Å²) >= 11 is 0. The Hall–Kier alpha value is -0.810. The quantitative estimate of drug-likeness (QED) is 0.823. The van der Waals surface area contributed by atoms with Crippen molar-refractivity contribution in [3.05, 3.63) is 35.1 Å². The molecule has 104 valence electrons. The van der Waals surface area contributed by atoms with Crippen LogP contribution in [-0.2, 0) is 6.18 Å². The first-order chi connectivity index (χ1) is 7.75. The first-order valence-electron chi connectivity index (χ1n) is 5.39. The van der Waals surface area contributed by atoms with Crippen molar-refractivity contribution in [1.29, 1.82) is 0 Å². The van der Waals surface area contributed by atoms with Crippen LogP contribution in [0.25, 0.3) is 0 Å². The Bertz CT molecular complexity index is 392. The van der Waals surface area contributed by atoms with Gasteiger partial charge in [0.15, 0.2) is 0 Å². The first kappa shape index (κ1) is 17.2. The van der Waals surface area contributed by atoms with Crippen molar-refractivity contribution in [2.24, 2.45) is 11.7 Å². The predicted molar refractivity (Wildman–Crippen MR) is 65.0 cm³/mol. The molecule has 0 saturated heterocycles.